The first-order chi connectivity index (χ1) is 12.1. The number of anilines is 2. The number of hydrogen-bond acceptors (Lipinski definition) is 8. The number of nitro groups is 1. The van der Waals surface area contributed by atoms with Crippen LogP contribution in [0.25, 0.3) is 0 Å². The van der Waals surface area contributed by atoms with Gasteiger partial charge in [0.1, 0.15) is 6.33 Å². The molecule has 0 amide bonds. The van der Waals surface area contributed by atoms with E-state index in [9.17, 15) is 14.9 Å². The first-order valence-electron chi connectivity index (χ1n) is 8.73. The molecule has 1 aromatic heterocycles. The van der Waals surface area contributed by atoms with Gasteiger partial charge >= 0.3 is 11.7 Å². The number of carbonyl (C=O) groups is 1. The van der Waals surface area contributed by atoms with E-state index < -0.39 is 4.92 Å². The van der Waals surface area contributed by atoms with Crippen LogP contribution in [0.4, 0.5) is 17.3 Å². The molecule has 1 aliphatic heterocycles. The number of esters is 1. The molecule has 25 heavy (non-hydrogen) atoms. The van der Waals surface area contributed by atoms with E-state index in [-0.39, 0.29) is 23.4 Å². The smallest absolute Gasteiger partial charge is 0.353 e. The Morgan fingerprint density at radius 3 is 2.72 bits per heavy atom. The summed E-state index contributed by atoms with van der Waals surface area (Å²) in [6.07, 6.45) is 4.42. The minimum absolute atomic E-state index is 0.104. The maximum Gasteiger partial charge on any atom is 0.353 e. The lowest BCUT2D eigenvalue weighted by atomic mass is 9.97. The molecule has 0 spiro atoms. The van der Waals surface area contributed by atoms with Crippen molar-refractivity contribution in [2.24, 2.45) is 5.92 Å². The van der Waals surface area contributed by atoms with Crippen molar-refractivity contribution in [1.29, 1.82) is 0 Å². The summed E-state index contributed by atoms with van der Waals surface area (Å²) in [6.45, 7) is 5.87. The van der Waals surface area contributed by atoms with Gasteiger partial charge in [0.2, 0.25) is 11.6 Å². The van der Waals surface area contributed by atoms with Crippen molar-refractivity contribution in [3.05, 3.63) is 16.4 Å². The van der Waals surface area contributed by atoms with Crippen LogP contribution in [0.15, 0.2) is 6.33 Å². The summed E-state index contributed by atoms with van der Waals surface area (Å²) in [7, 11) is 0. The van der Waals surface area contributed by atoms with Crippen LogP contribution in [0.5, 0.6) is 0 Å². The second-order valence-electron chi connectivity index (χ2n) is 5.95. The lowest BCUT2D eigenvalue weighted by Gasteiger charge is -2.31. The van der Waals surface area contributed by atoms with Gasteiger partial charge in [-0.3, -0.25) is 14.9 Å². The molecule has 0 aliphatic carbocycles. The van der Waals surface area contributed by atoms with Gasteiger partial charge < -0.3 is 15.0 Å². The van der Waals surface area contributed by atoms with Gasteiger partial charge in [-0.05, 0) is 26.2 Å². The average Bonchev–Trinajstić information content (AvgIpc) is 2.62. The number of nitrogens with zero attached hydrogens (tertiary/aromatic N) is 4. The summed E-state index contributed by atoms with van der Waals surface area (Å²) in [5.41, 5.74) is -0.104. The highest BCUT2D eigenvalue weighted by Gasteiger charge is 2.32. The van der Waals surface area contributed by atoms with Crippen molar-refractivity contribution in [2.45, 2.75) is 39.5 Å². The van der Waals surface area contributed by atoms with Crippen LogP contribution in [-0.4, -0.2) is 47.1 Å². The summed E-state index contributed by atoms with van der Waals surface area (Å²) < 4.78 is 5.06. The topological polar surface area (TPSA) is 110 Å². The molecule has 0 radical (unpaired) electrons. The van der Waals surface area contributed by atoms with E-state index in [1.165, 1.54) is 6.33 Å². The minimum Gasteiger partial charge on any atom is -0.466 e. The van der Waals surface area contributed by atoms with E-state index in [0.717, 1.165) is 12.8 Å². The van der Waals surface area contributed by atoms with E-state index in [1.807, 2.05) is 4.90 Å². The summed E-state index contributed by atoms with van der Waals surface area (Å²) >= 11 is 0. The van der Waals surface area contributed by atoms with Crippen LogP contribution in [0.1, 0.15) is 39.5 Å². The molecule has 9 heteroatoms. The van der Waals surface area contributed by atoms with Gasteiger partial charge in [0.05, 0.1) is 17.4 Å². The van der Waals surface area contributed by atoms with Crippen LogP contribution in [0.2, 0.25) is 0 Å². The molecule has 1 saturated heterocycles. The van der Waals surface area contributed by atoms with Crippen molar-refractivity contribution >= 4 is 23.3 Å². The summed E-state index contributed by atoms with van der Waals surface area (Å²) in [5, 5.41) is 14.6. The van der Waals surface area contributed by atoms with Gasteiger partial charge in [-0.2, -0.15) is 0 Å². The Balaban J connectivity index is 2.12. The molecule has 0 saturated carbocycles. The monoisotopic (exact) mass is 351 g/mol. The molecule has 138 valence electrons. The number of piperidine rings is 1. The van der Waals surface area contributed by atoms with E-state index in [4.69, 9.17) is 4.74 Å². The number of nitrogens with one attached hydrogen (secondary N) is 1. The largest absolute Gasteiger partial charge is 0.466 e. The van der Waals surface area contributed by atoms with Crippen molar-refractivity contribution in [2.75, 3.05) is 36.5 Å². The van der Waals surface area contributed by atoms with Crippen molar-refractivity contribution in [3.63, 3.8) is 0 Å². The predicted molar refractivity (Wildman–Crippen MR) is 93.7 cm³/mol. The number of unbranched alkanes of at least 4 members (excludes halogenated alkanes) is 1. The molecule has 1 aromatic rings. The lowest BCUT2D eigenvalue weighted by molar-refractivity contribution is -0.383. The first kappa shape index (κ1) is 18.9. The number of rotatable bonds is 8. The summed E-state index contributed by atoms with van der Waals surface area (Å²) in [4.78, 5) is 33.0. The normalized spacial score (nSPS) is 15.0. The maximum atomic E-state index is 11.8. The number of carbonyl (C=O) groups excluding carboxylic acids is 1. The zero-order valence-electron chi connectivity index (χ0n) is 14.7. The van der Waals surface area contributed by atoms with Crippen LogP contribution >= 0.6 is 0 Å². The van der Waals surface area contributed by atoms with E-state index in [2.05, 4.69) is 22.2 Å². The minimum atomic E-state index is -0.443. The molecule has 1 fully saturated rings. The van der Waals surface area contributed by atoms with Crippen LogP contribution in [0.3, 0.4) is 0 Å². The molecular weight excluding hydrogens is 326 g/mol. The van der Waals surface area contributed by atoms with E-state index >= 15 is 0 Å². The molecule has 9 nitrogen and oxygen atoms in total. The Labute approximate surface area is 146 Å². The summed E-state index contributed by atoms with van der Waals surface area (Å²) in [5.74, 6) is 0.206. The fourth-order valence-corrected chi connectivity index (χ4v) is 2.87. The average molecular weight is 351 g/mol. The molecule has 0 bridgehead atoms. The zero-order chi connectivity index (χ0) is 18.2. The zero-order valence-corrected chi connectivity index (χ0v) is 14.7. The molecule has 2 heterocycles. The second kappa shape index (κ2) is 9.14. The Kier molecular flexibility index (Phi) is 6.91. The fourth-order valence-electron chi connectivity index (χ4n) is 2.87. The van der Waals surface area contributed by atoms with Gasteiger partial charge in [0.15, 0.2) is 0 Å². The van der Waals surface area contributed by atoms with Gasteiger partial charge in [0, 0.05) is 19.6 Å². The standard InChI is InChI=1S/C16H25N5O4/c1-3-5-8-17-14-13(21(23)24)15(19-11-18-14)20-9-6-12(7-10-20)16(22)25-4-2/h11-12H,3-10H2,1-2H3,(H,17,18,19). The van der Waals surface area contributed by atoms with Crippen molar-refractivity contribution in [3.8, 4) is 0 Å². The van der Waals surface area contributed by atoms with Gasteiger partial charge in [-0.25, -0.2) is 9.97 Å². The van der Waals surface area contributed by atoms with Crippen LogP contribution in [0, 0.1) is 16.0 Å². The molecule has 0 atom stereocenters. The molecule has 0 aromatic carbocycles. The highest BCUT2D eigenvalue weighted by molar-refractivity contribution is 5.74. The number of hydrogen-bond donors (Lipinski definition) is 1. The Morgan fingerprint density at radius 2 is 2.12 bits per heavy atom. The highest BCUT2D eigenvalue weighted by atomic mass is 16.6. The number of ether oxygens (including phenoxy) is 1. The van der Waals surface area contributed by atoms with Crippen LogP contribution < -0.4 is 10.2 Å². The predicted octanol–water partition coefficient (Wildman–Crippen LogP) is 2.38. The third-order valence-electron chi connectivity index (χ3n) is 4.22. The molecule has 1 aliphatic rings. The lowest BCUT2D eigenvalue weighted by Crippen LogP contribution is -2.37. The van der Waals surface area contributed by atoms with Gasteiger partial charge in [0.25, 0.3) is 0 Å². The molecule has 1 N–H and O–H groups in total. The molecule has 0 unspecified atom stereocenters. The third-order valence-corrected chi connectivity index (χ3v) is 4.22. The Bertz CT molecular complexity index is 602. The first-order valence-corrected chi connectivity index (χ1v) is 8.73. The van der Waals surface area contributed by atoms with Crippen molar-refractivity contribution < 1.29 is 14.5 Å². The van der Waals surface area contributed by atoms with Gasteiger partial charge in [-0.1, -0.05) is 13.3 Å². The Hall–Kier alpha value is -2.45. The molecular formula is C16H25N5O4. The van der Waals surface area contributed by atoms with E-state index in [0.29, 0.717) is 44.9 Å². The van der Waals surface area contributed by atoms with Crippen molar-refractivity contribution in [1.82, 2.24) is 9.97 Å². The SMILES string of the molecule is CCCCNc1ncnc(N2CCC(C(=O)OCC)CC2)c1[N+](=O)[O-]. The molecule has 2 rings (SSSR count). The third kappa shape index (κ3) is 4.77. The maximum absolute atomic E-state index is 11.8. The quantitative estimate of drug-likeness (QED) is 0.329. The van der Waals surface area contributed by atoms with E-state index in [1.54, 1.807) is 6.92 Å². The second-order valence-corrected chi connectivity index (χ2v) is 5.95. The highest BCUT2D eigenvalue weighted by Crippen LogP contribution is 2.34. The summed E-state index contributed by atoms with van der Waals surface area (Å²) in [6, 6.07) is 0. The Morgan fingerprint density at radius 1 is 1.40 bits per heavy atom. The number of aromatic nitrogens is 2. The fraction of sp³-hybridized carbons (Fsp3) is 0.688. The van der Waals surface area contributed by atoms with Crippen LogP contribution in [-0.2, 0) is 9.53 Å². The van der Waals surface area contributed by atoms with Gasteiger partial charge in [-0.15, -0.1) is 0 Å².